The zero-order chi connectivity index (χ0) is 46.3. The number of hydrogen-bond donors (Lipinski definition) is 3. The molecule has 0 rings (SSSR count). The molecular weight excluding hydrogens is 783 g/mol. The minimum atomic E-state index is -0.836. The van der Waals surface area contributed by atoms with Crippen LogP contribution >= 0.6 is 0 Å². The third-order valence-electron chi connectivity index (χ3n) is 14.3. The molecule has 0 bridgehead atoms. The van der Waals surface area contributed by atoms with Crippen molar-refractivity contribution in [1.29, 1.82) is 0 Å². The van der Waals surface area contributed by atoms with Gasteiger partial charge in [0.1, 0.15) is 0 Å². The maximum absolute atomic E-state index is 12.5. The lowest BCUT2D eigenvalue weighted by molar-refractivity contribution is -0.123. The van der Waals surface area contributed by atoms with E-state index < -0.39 is 12.1 Å². The van der Waals surface area contributed by atoms with E-state index in [9.17, 15) is 15.0 Å². The predicted octanol–water partition coefficient (Wildman–Crippen LogP) is 19.7. The van der Waals surface area contributed by atoms with Gasteiger partial charge in [-0.15, -0.1) is 0 Å². The van der Waals surface area contributed by atoms with Crippen LogP contribution in [0.3, 0.4) is 0 Å². The summed E-state index contributed by atoms with van der Waals surface area (Å²) in [5, 5.41) is 23.2. The molecule has 0 aliphatic carbocycles. The van der Waals surface area contributed by atoms with Crippen molar-refractivity contribution in [2.45, 2.75) is 360 Å². The summed E-state index contributed by atoms with van der Waals surface area (Å²) in [6.07, 6.45) is 73.9. The average Bonchev–Trinajstić information content (AvgIpc) is 3.30. The third kappa shape index (κ3) is 52.1. The molecule has 2 unspecified atom stereocenters. The second kappa shape index (κ2) is 56.5. The van der Waals surface area contributed by atoms with Gasteiger partial charge in [-0.1, -0.05) is 334 Å². The lowest BCUT2D eigenvalue weighted by Gasteiger charge is -2.20. The summed E-state index contributed by atoms with van der Waals surface area (Å²) in [6, 6.07) is -0.618. The van der Waals surface area contributed by atoms with Gasteiger partial charge in [0.25, 0.3) is 0 Å². The molecule has 0 aliphatic heterocycles. The third-order valence-corrected chi connectivity index (χ3v) is 14.3. The van der Waals surface area contributed by atoms with Crippen molar-refractivity contribution in [2.24, 2.45) is 0 Å². The zero-order valence-corrected chi connectivity index (χ0v) is 44.1. The molecule has 0 spiro atoms. The minimum absolute atomic E-state index is 0.0548. The minimum Gasteiger partial charge on any atom is -0.394 e. The van der Waals surface area contributed by atoms with E-state index in [-0.39, 0.29) is 12.5 Å². The van der Waals surface area contributed by atoms with Gasteiger partial charge in [-0.05, 0) is 19.3 Å². The van der Waals surface area contributed by atoms with E-state index in [2.05, 4.69) is 19.2 Å². The fraction of sp³-hybridized carbons (Fsp3) is 0.950. The second-order valence-electron chi connectivity index (χ2n) is 20.8. The molecule has 0 fully saturated rings. The Balaban J connectivity index is 3.43. The summed E-state index contributed by atoms with van der Waals surface area (Å²) in [6.45, 7) is 4.36. The van der Waals surface area contributed by atoms with Crippen LogP contribution in [-0.2, 0) is 4.79 Å². The van der Waals surface area contributed by atoms with Gasteiger partial charge in [0.2, 0.25) is 5.91 Å². The number of aliphatic hydroxyl groups excluding tert-OH is 2. The molecule has 0 saturated carbocycles. The van der Waals surface area contributed by atoms with Gasteiger partial charge in [-0.25, -0.2) is 0 Å². The number of carbonyl (C=O) groups is 1. The largest absolute Gasteiger partial charge is 0.394 e. The Morgan fingerprint density at radius 2 is 0.578 bits per heavy atom. The Morgan fingerprint density at radius 3 is 0.812 bits per heavy atom. The highest BCUT2D eigenvalue weighted by atomic mass is 16.3. The summed E-state index contributed by atoms with van der Waals surface area (Å²) in [4.78, 5) is 12.5. The van der Waals surface area contributed by atoms with Crippen LogP contribution < -0.4 is 5.32 Å². The Kier molecular flexibility index (Phi) is 55.7. The number of nitrogens with one attached hydrogen (secondary N) is 1. The van der Waals surface area contributed by atoms with Gasteiger partial charge in [0.05, 0.1) is 18.8 Å². The first-order valence-electron chi connectivity index (χ1n) is 29.9. The highest BCUT2D eigenvalue weighted by molar-refractivity contribution is 5.76. The van der Waals surface area contributed by atoms with Gasteiger partial charge >= 0.3 is 0 Å². The summed E-state index contributed by atoms with van der Waals surface area (Å²) < 4.78 is 0. The van der Waals surface area contributed by atoms with Crippen molar-refractivity contribution in [3.05, 3.63) is 12.2 Å². The van der Waals surface area contributed by atoms with Gasteiger partial charge < -0.3 is 15.5 Å². The smallest absolute Gasteiger partial charge is 0.220 e. The summed E-state index contributed by atoms with van der Waals surface area (Å²) in [7, 11) is 0. The van der Waals surface area contributed by atoms with E-state index in [4.69, 9.17) is 0 Å². The van der Waals surface area contributed by atoms with Crippen molar-refractivity contribution in [3.63, 3.8) is 0 Å². The number of allylic oxidation sites excluding steroid dienone is 1. The monoisotopic (exact) mass is 902 g/mol. The zero-order valence-electron chi connectivity index (χ0n) is 44.1. The van der Waals surface area contributed by atoms with Crippen molar-refractivity contribution < 1.29 is 15.0 Å². The van der Waals surface area contributed by atoms with Crippen molar-refractivity contribution >= 4 is 5.91 Å². The van der Waals surface area contributed by atoms with Crippen LogP contribution in [0.15, 0.2) is 12.2 Å². The molecule has 1 amide bonds. The molecule has 3 N–H and O–H groups in total. The number of hydrogen-bond acceptors (Lipinski definition) is 3. The molecule has 0 aromatic heterocycles. The summed E-state index contributed by atoms with van der Waals surface area (Å²) in [5.41, 5.74) is 0. The van der Waals surface area contributed by atoms with Crippen molar-refractivity contribution in [2.75, 3.05) is 6.61 Å². The standard InChI is InChI=1S/C60H119NO3/c1-3-5-7-9-11-13-15-17-19-21-23-25-27-29-30-32-33-35-37-39-41-43-45-47-49-51-53-55-59(63)58(57-62)61-60(64)56-54-52-50-48-46-44-42-40-38-36-34-31-28-26-24-22-20-18-16-14-12-10-8-6-4-2/h53,55,58-59,62-63H,3-52,54,56-57H2,1-2H3,(H,61,64)/b55-53+. The molecule has 0 radical (unpaired) electrons. The van der Waals surface area contributed by atoms with Crippen LogP contribution in [-0.4, -0.2) is 34.9 Å². The highest BCUT2D eigenvalue weighted by Gasteiger charge is 2.18. The van der Waals surface area contributed by atoms with Crippen LogP contribution in [0.5, 0.6) is 0 Å². The molecule has 382 valence electrons. The molecule has 0 aromatic carbocycles. The molecule has 0 saturated heterocycles. The highest BCUT2D eigenvalue weighted by Crippen LogP contribution is 2.18. The van der Waals surface area contributed by atoms with E-state index in [0.29, 0.717) is 6.42 Å². The molecule has 64 heavy (non-hydrogen) atoms. The van der Waals surface area contributed by atoms with E-state index in [1.54, 1.807) is 6.08 Å². The van der Waals surface area contributed by atoms with Crippen molar-refractivity contribution in [1.82, 2.24) is 5.32 Å². The average molecular weight is 903 g/mol. The maximum atomic E-state index is 12.5. The Hall–Kier alpha value is -0.870. The molecular formula is C60H119NO3. The SMILES string of the molecule is CCCCCCCCCCCCCCCCCCCCCCCCCCC/C=C/C(O)C(CO)NC(=O)CCCCCCCCCCCCCCCCCCCCCCCCCCC. The van der Waals surface area contributed by atoms with Gasteiger partial charge in [0.15, 0.2) is 0 Å². The number of aliphatic hydroxyl groups is 2. The lowest BCUT2D eigenvalue weighted by Crippen LogP contribution is -2.45. The van der Waals surface area contributed by atoms with Gasteiger partial charge in [-0.3, -0.25) is 4.79 Å². The lowest BCUT2D eigenvalue weighted by atomic mass is 10.0. The fourth-order valence-electron chi connectivity index (χ4n) is 9.71. The van der Waals surface area contributed by atoms with E-state index in [1.165, 1.54) is 302 Å². The second-order valence-corrected chi connectivity index (χ2v) is 20.8. The van der Waals surface area contributed by atoms with E-state index >= 15 is 0 Å². The van der Waals surface area contributed by atoms with Crippen molar-refractivity contribution in [3.8, 4) is 0 Å². The number of carbonyl (C=O) groups excluding carboxylic acids is 1. The number of amides is 1. The van der Waals surface area contributed by atoms with Crippen LogP contribution in [0, 0.1) is 0 Å². The normalized spacial score (nSPS) is 12.8. The summed E-state index contributed by atoms with van der Waals surface area (Å²) >= 11 is 0. The summed E-state index contributed by atoms with van der Waals surface area (Å²) in [5.74, 6) is -0.0548. The predicted molar refractivity (Wildman–Crippen MR) is 286 cm³/mol. The first-order chi connectivity index (χ1) is 31.7. The Morgan fingerprint density at radius 1 is 0.359 bits per heavy atom. The number of rotatable bonds is 56. The van der Waals surface area contributed by atoms with E-state index in [1.807, 2.05) is 6.08 Å². The molecule has 0 aliphatic rings. The Labute approximate surface area is 403 Å². The first kappa shape index (κ1) is 63.1. The van der Waals surface area contributed by atoms with Crippen LogP contribution in [0.2, 0.25) is 0 Å². The quantitative estimate of drug-likeness (QED) is 0.0421. The molecule has 0 aromatic rings. The fourth-order valence-corrected chi connectivity index (χ4v) is 9.71. The molecule has 0 heterocycles. The van der Waals surface area contributed by atoms with E-state index in [0.717, 1.165) is 25.7 Å². The van der Waals surface area contributed by atoms with Gasteiger partial charge in [-0.2, -0.15) is 0 Å². The topological polar surface area (TPSA) is 69.6 Å². The van der Waals surface area contributed by atoms with Crippen LogP contribution in [0.1, 0.15) is 348 Å². The molecule has 2 atom stereocenters. The van der Waals surface area contributed by atoms with Gasteiger partial charge in [0, 0.05) is 6.42 Å². The Bertz CT molecular complexity index is 890. The molecule has 4 nitrogen and oxygen atoms in total. The maximum Gasteiger partial charge on any atom is 0.220 e. The van der Waals surface area contributed by atoms with Crippen LogP contribution in [0.25, 0.3) is 0 Å². The molecule has 4 heteroatoms. The number of unbranched alkanes of at least 4 members (excludes halogenated alkanes) is 49. The first-order valence-corrected chi connectivity index (χ1v) is 29.9. The van der Waals surface area contributed by atoms with Crippen LogP contribution in [0.4, 0.5) is 0 Å².